The summed E-state index contributed by atoms with van der Waals surface area (Å²) >= 11 is 0. The van der Waals surface area contributed by atoms with Gasteiger partial charge in [0.25, 0.3) is 5.91 Å². The average molecular weight is 235 g/mol. The minimum Gasteiger partial charge on any atom is -0.345 e. The van der Waals surface area contributed by atoms with E-state index in [1.807, 2.05) is 0 Å². The Balaban J connectivity index is 2.92. The molecule has 17 heavy (non-hydrogen) atoms. The van der Waals surface area contributed by atoms with Crippen molar-refractivity contribution in [3.8, 4) is 0 Å². The van der Waals surface area contributed by atoms with E-state index in [0.29, 0.717) is 11.3 Å². The van der Waals surface area contributed by atoms with Gasteiger partial charge in [-0.3, -0.25) is 9.59 Å². The molecule has 0 bridgehead atoms. The molecular weight excluding hydrogens is 218 g/mol. The molecule has 5 nitrogen and oxygen atoms in total. The fourth-order valence-electron chi connectivity index (χ4n) is 1.37. The Morgan fingerprint density at radius 1 is 1.24 bits per heavy atom. The Morgan fingerprint density at radius 2 is 1.88 bits per heavy atom. The van der Waals surface area contributed by atoms with Gasteiger partial charge in [0.15, 0.2) is 0 Å². The molecule has 0 aliphatic carbocycles. The summed E-state index contributed by atoms with van der Waals surface area (Å²) in [6.07, 6.45) is 0. The third-order valence-electron chi connectivity index (χ3n) is 2.18. The lowest BCUT2D eigenvalue weighted by Gasteiger charge is -2.14. The number of nitrogens with zero attached hydrogens (tertiary/aromatic N) is 1. The molecular formula is C12H17N3O2. The van der Waals surface area contributed by atoms with Crippen LogP contribution < -0.4 is 10.6 Å². The molecule has 0 radical (unpaired) electrons. The van der Waals surface area contributed by atoms with Crippen LogP contribution in [0.4, 0.5) is 5.69 Å². The third kappa shape index (κ3) is 3.57. The molecule has 0 unspecified atom stereocenters. The summed E-state index contributed by atoms with van der Waals surface area (Å²) in [5.74, 6) is -0.308. The highest BCUT2D eigenvalue weighted by Crippen LogP contribution is 2.16. The van der Waals surface area contributed by atoms with Crippen molar-refractivity contribution in [2.45, 2.75) is 0 Å². The average Bonchev–Trinajstić information content (AvgIpc) is 2.29. The SMILES string of the molecule is CNCC(=O)Nc1ccccc1C(=O)N(C)C. The lowest BCUT2D eigenvalue weighted by Crippen LogP contribution is -2.27. The van der Waals surface area contributed by atoms with Crippen molar-refractivity contribution in [1.29, 1.82) is 0 Å². The molecule has 0 aliphatic heterocycles. The van der Waals surface area contributed by atoms with Gasteiger partial charge in [0.05, 0.1) is 17.8 Å². The number of likely N-dealkylation sites (N-methyl/N-ethyl adjacent to an activating group) is 1. The van der Waals surface area contributed by atoms with E-state index >= 15 is 0 Å². The topological polar surface area (TPSA) is 61.4 Å². The molecule has 92 valence electrons. The standard InChI is InChI=1S/C12H17N3O2/c1-13-8-11(16)14-10-7-5-4-6-9(10)12(17)15(2)3/h4-7,13H,8H2,1-3H3,(H,14,16). The quantitative estimate of drug-likeness (QED) is 0.801. The maximum Gasteiger partial charge on any atom is 0.255 e. The number of anilines is 1. The zero-order valence-electron chi connectivity index (χ0n) is 10.3. The summed E-state index contributed by atoms with van der Waals surface area (Å²) in [6, 6.07) is 6.95. The summed E-state index contributed by atoms with van der Waals surface area (Å²) in [7, 11) is 5.04. The van der Waals surface area contributed by atoms with E-state index in [0.717, 1.165) is 0 Å². The maximum atomic E-state index is 11.9. The minimum absolute atomic E-state index is 0.134. The summed E-state index contributed by atoms with van der Waals surface area (Å²) < 4.78 is 0. The van der Waals surface area contributed by atoms with Gasteiger partial charge in [0.1, 0.15) is 0 Å². The van der Waals surface area contributed by atoms with Gasteiger partial charge in [0, 0.05) is 14.1 Å². The second-order valence-corrected chi connectivity index (χ2v) is 3.82. The predicted octanol–water partition coefficient (Wildman–Crippen LogP) is 0.546. The number of benzene rings is 1. The number of rotatable bonds is 4. The number of para-hydroxylation sites is 1. The van der Waals surface area contributed by atoms with Crippen LogP contribution in [-0.4, -0.2) is 44.4 Å². The zero-order valence-corrected chi connectivity index (χ0v) is 10.3. The molecule has 2 N–H and O–H groups in total. The highest BCUT2D eigenvalue weighted by Gasteiger charge is 2.13. The second kappa shape index (κ2) is 6.00. The molecule has 0 aliphatic rings. The molecule has 0 atom stereocenters. The highest BCUT2D eigenvalue weighted by atomic mass is 16.2. The van der Waals surface area contributed by atoms with E-state index in [4.69, 9.17) is 0 Å². The smallest absolute Gasteiger partial charge is 0.255 e. The van der Waals surface area contributed by atoms with E-state index in [1.165, 1.54) is 4.90 Å². The van der Waals surface area contributed by atoms with Crippen molar-refractivity contribution in [3.63, 3.8) is 0 Å². The first kappa shape index (κ1) is 13.2. The van der Waals surface area contributed by atoms with Gasteiger partial charge in [-0.15, -0.1) is 0 Å². The fourth-order valence-corrected chi connectivity index (χ4v) is 1.37. The van der Waals surface area contributed by atoms with Crippen LogP contribution in [0, 0.1) is 0 Å². The maximum absolute atomic E-state index is 11.9. The Bertz CT molecular complexity index is 416. The Labute approximate surface area is 101 Å². The van der Waals surface area contributed by atoms with Gasteiger partial charge < -0.3 is 15.5 Å². The van der Waals surface area contributed by atoms with Gasteiger partial charge >= 0.3 is 0 Å². The van der Waals surface area contributed by atoms with Crippen LogP contribution in [0.5, 0.6) is 0 Å². The Kier molecular flexibility index (Phi) is 4.66. The number of carbonyl (C=O) groups is 2. The van der Waals surface area contributed by atoms with E-state index in [2.05, 4.69) is 10.6 Å². The number of hydrogen-bond donors (Lipinski definition) is 2. The largest absolute Gasteiger partial charge is 0.345 e. The molecule has 2 amide bonds. The van der Waals surface area contributed by atoms with Crippen LogP contribution >= 0.6 is 0 Å². The van der Waals surface area contributed by atoms with E-state index < -0.39 is 0 Å². The lowest BCUT2D eigenvalue weighted by molar-refractivity contribution is -0.115. The van der Waals surface area contributed by atoms with Crippen LogP contribution in [0.1, 0.15) is 10.4 Å². The first-order chi connectivity index (χ1) is 8.06. The number of hydrogen-bond acceptors (Lipinski definition) is 3. The van der Waals surface area contributed by atoms with Crippen molar-refractivity contribution in [2.75, 3.05) is 33.0 Å². The monoisotopic (exact) mass is 235 g/mol. The minimum atomic E-state index is -0.175. The summed E-state index contributed by atoms with van der Waals surface area (Å²) in [4.78, 5) is 24.8. The van der Waals surface area contributed by atoms with Gasteiger partial charge in [-0.25, -0.2) is 0 Å². The molecule has 0 fully saturated rings. The molecule has 0 spiro atoms. The number of amides is 2. The summed E-state index contributed by atoms with van der Waals surface area (Å²) in [6.45, 7) is 0.213. The molecule has 1 aromatic rings. The Hall–Kier alpha value is -1.88. The van der Waals surface area contributed by atoms with Crippen molar-refractivity contribution in [1.82, 2.24) is 10.2 Å². The van der Waals surface area contributed by atoms with Crippen molar-refractivity contribution >= 4 is 17.5 Å². The zero-order chi connectivity index (χ0) is 12.8. The molecule has 0 aromatic heterocycles. The van der Waals surface area contributed by atoms with Gasteiger partial charge in [-0.2, -0.15) is 0 Å². The lowest BCUT2D eigenvalue weighted by atomic mass is 10.1. The summed E-state index contributed by atoms with van der Waals surface area (Å²) in [5.41, 5.74) is 1.02. The first-order valence-corrected chi connectivity index (χ1v) is 5.31. The second-order valence-electron chi connectivity index (χ2n) is 3.82. The predicted molar refractivity (Wildman–Crippen MR) is 67.0 cm³/mol. The molecule has 0 heterocycles. The molecule has 1 aromatic carbocycles. The van der Waals surface area contributed by atoms with Gasteiger partial charge in [0.2, 0.25) is 5.91 Å². The molecule has 1 rings (SSSR count). The Morgan fingerprint density at radius 3 is 2.47 bits per heavy atom. The molecule has 0 saturated carbocycles. The third-order valence-corrected chi connectivity index (χ3v) is 2.18. The van der Waals surface area contributed by atoms with Crippen molar-refractivity contribution in [2.24, 2.45) is 0 Å². The number of nitrogens with one attached hydrogen (secondary N) is 2. The first-order valence-electron chi connectivity index (χ1n) is 5.31. The van der Waals surface area contributed by atoms with Gasteiger partial charge in [-0.05, 0) is 19.2 Å². The molecule has 5 heteroatoms. The molecule has 0 saturated heterocycles. The van der Waals surface area contributed by atoms with Crippen LogP contribution in [0.25, 0.3) is 0 Å². The summed E-state index contributed by atoms with van der Waals surface area (Å²) in [5, 5.41) is 5.45. The fraction of sp³-hybridized carbons (Fsp3) is 0.333. The van der Waals surface area contributed by atoms with Crippen LogP contribution in [0.15, 0.2) is 24.3 Å². The van der Waals surface area contributed by atoms with Gasteiger partial charge in [-0.1, -0.05) is 12.1 Å². The highest BCUT2D eigenvalue weighted by molar-refractivity contribution is 6.03. The van der Waals surface area contributed by atoms with Crippen LogP contribution in [0.2, 0.25) is 0 Å². The number of carbonyl (C=O) groups excluding carboxylic acids is 2. The van der Waals surface area contributed by atoms with Crippen molar-refractivity contribution in [3.05, 3.63) is 29.8 Å². The van der Waals surface area contributed by atoms with Crippen LogP contribution in [0.3, 0.4) is 0 Å². The van der Waals surface area contributed by atoms with E-state index in [-0.39, 0.29) is 18.4 Å². The van der Waals surface area contributed by atoms with Crippen LogP contribution in [-0.2, 0) is 4.79 Å². The van der Waals surface area contributed by atoms with Crippen molar-refractivity contribution < 1.29 is 9.59 Å². The van der Waals surface area contributed by atoms with E-state index in [9.17, 15) is 9.59 Å². The normalized spacial score (nSPS) is 9.82. The van der Waals surface area contributed by atoms with E-state index in [1.54, 1.807) is 45.4 Å².